The maximum atomic E-state index is 3.39. The lowest BCUT2D eigenvalue weighted by Gasteiger charge is -2.22. The largest absolute Gasteiger partial charge is 0.317 e. The van der Waals surface area contributed by atoms with Gasteiger partial charge in [0.2, 0.25) is 0 Å². The Bertz CT molecular complexity index is 137. The second kappa shape index (κ2) is 9.13. The SMILES string of the molecule is CCNCC(C)CN(C)CCCN(C)C. The summed E-state index contributed by atoms with van der Waals surface area (Å²) in [6, 6.07) is 0. The Kier molecular flexibility index (Phi) is 9.06. The third-order valence-corrected chi connectivity index (χ3v) is 2.51. The molecule has 0 aromatic heterocycles. The Morgan fingerprint density at radius 2 is 1.80 bits per heavy atom. The third-order valence-electron chi connectivity index (χ3n) is 2.51. The highest BCUT2D eigenvalue weighted by Gasteiger charge is 2.05. The minimum absolute atomic E-state index is 0.745. The van der Waals surface area contributed by atoms with Gasteiger partial charge in [-0.1, -0.05) is 13.8 Å². The summed E-state index contributed by atoms with van der Waals surface area (Å²) in [5.74, 6) is 0.745. The van der Waals surface area contributed by atoms with Crippen molar-refractivity contribution in [2.45, 2.75) is 20.3 Å². The molecule has 3 nitrogen and oxygen atoms in total. The van der Waals surface area contributed by atoms with E-state index in [-0.39, 0.29) is 0 Å². The molecule has 0 saturated carbocycles. The summed E-state index contributed by atoms with van der Waals surface area (Å²) >= 11 is 0. The average molecular weight is 215 g/mol. The summed E-state index contributed by atoms with van der Waals surface area (Å²) < 4.78 is 0. The molecule has 0 aromatic carbocycles. The zero-order chi connectivity index (χ0) is 11.7. The Labute approximate surface area is 95.8 Å². The quantitative estimate of drug-likeness (QED) is 0.622. The van der Waals surface area contributed by atoms with Crippen LogP contribution >= 0.6 is 0 Å². The highest BCUT2D eigenvalue weighted by atomic mass is 15.1. The molecule has 0 radical (unpaired) electrons. The van der Waals surface area contributed by atoms with Crippen LogP contribution in [-0.4, -0.2) is 63.7 Å². The molecule has 3 heteroatoms. The summed E-state index contributed by atoms with van der Waals surface area (Å²) in [6.45, 7) is 10.3. The molecule has 0 aliphatic carbocycles. The minimum Gasteiger partial charge on any atom is -0.317 e. The lowest BCUT2D eigenvalue weighted by molar-refractivity contribution is 0.264. The van der Waals surface area contributed by atoms with Gasteiger partial charge >= 0.3 is 0 Å². The lowest BCUT2D eigenvalue weighted by Crippen LogP contribution is -2.32. The molecule has 0 aliphatic heterocycles. The van der Waals surface area contributed by atoms with E-state index in [0.717, 1.165) is 19.0 Å². The molecule has 0 bridgehead atoms. The fraction of sp³-hybridized carbons (Fsp3) is 1.00. The summed E-state index contributed by atoms with van der Waals surface area (Å²) in [4.78, 5) is 4.68. The molecule has 0 saturated heterocycles. The number of hydrogen-bond donors (Lipinski definition) is 1. The number of rotatable bonds is 9. The Balaban J connectivity index is 3.42. The van der Waals surface area contributed by atoms with Crippen molar-refractivity contribution in [3.05, 3.63) is 0 Å². The Morgan fingerprint density at radius 3 is 2.33 bits per heavy atom. The zero-order valence-corrected chi connectivity index (χ0v) is 11.2. The maximum Gasteiger partial charge on any atom is 0.00161 e. The van der Waals surface area contributed by atoms with Crippen LogP contribution in [0.1, 0.15) is 20.3 Å². The molecule has 1 N–H and O–H groups in total. The fourth-order valence-corrected chi connectivity index (χ4v) is 1.74. The van der Waals surface area contributed by atoms with Crippen molar-refractivity contribution < 1.29 is 0 Å². The minimum atomic E-state index is 0.745. The van der Waals surface area contributed by atoms with Crippen LogP contribution in [0.3, 0.4) is 0 Å². The highest BCUT2D eigenvalue weighted by molar-refractivity contribution is 4.62. The molecule has 0 heterocycles. The van der Waals surface area contributed by atoms with Gasteiger partial charge in [0.15, 0.2) is 0 Å². The first-order chi connectivity index (χ1) is 7.06. The van der Waals surface area contributed by atoms with Gasteiger partial charge in [-0.3, -0.25) is 0 Å². The molecule has 1 atom stereocenters. The molecule has 0 rings (SSSR count). The Morgan fingerprint density at radius 1 is 1.13 bits per heavy atom. The molecular weight excluding hydrogens is 186 g/mol. The standard InChI is InChI=1S/C12H29N3/c1-6-13-10-12(2)11-15(5)9-7-8-14(3)4/h12-13H,6-11H2,1-5H3. The molecule has 15 heavy (non-hydrogen) atoms. The summed E-state index contributed by atoms with van der Waals surface area (Å²) in [7, 11) is 6.49. The van der Waals surface area contributed by atoms with Crippen LogP contribution in [0.5, 0.6) is 0 Å². The van der Waals surface area contributed by atoms with Gasteiger partial charge < -0.3 is 15.1 Å². The predicted molar refractivity (Wildman–Crippen MR) is 68.4 cm³/mol. The first-order valence-corrected chi connectivity index (χ1v) is 6.10. The summed E-state index contributed by atoms with van der Waals surface area (Å²) in [5.41, 5.74) is 0. The second-order valence-corrected chi connectivity index (χ2v) is 4.83. The fourth-order valence-electron chi connectivity index (χ4n) is 1.74. The van der Waals surface area contributed by atoms with Crippen molar-refractivity contribution in [2.24, 2.45) is 5.92 Å². The van der Waals surface area contributed by atoms with Crippen LogP contribution in [0, 0.1) is 5.92 Å². The van der Waals surface area contributed by atoms with Crippen LogP contribution in [0.25, 0.3) is 0 Å². The van der Waals surface area contributed by atoms with Crippen LogP contribution in [0.15, 0.2) is 0 Å². The maximum absolute atomic E-state index is 3.39. The van der Waals surface area contributed by atoms with Crippen LogP contribution in [-0.2, 0) is 0 Å². The smallest absolute Gasteiger partial charge is 0.00161 e. The van der Waals surface area contributed by atoms with Crippen LogP contribution in [0.4, 0.5) is 0 Å². The first kappa shape index (κ1) is 14.9. The average Bonchev–Trinajstić information content (AvgIpc) is 2.14. The van der Waals surface area contributed by atoms with Crippen molar-refractivity contribution in [1.29, 1.82) is 0 Å². The summed E-state index contributed by atoms with van der Waals surface area (Å²) in [6.07, 6.45) is 1.26. The monoisotopic (exact) mass is 215 g/mol. The zero-order valence-electron chi connectivity index (χ0n) is 11.2. The van der Waals surface area contributed by atoms with Crippen LogP contribution < -0.4 is 5.32 Å². The normalized spacial score (nSPS) is 13.8. The van der Waals surface area contributed by atoms with E-state index in [2.05, 4.69) is 50.1 Å². The Hall–Kier alpha value is -0.120. The lowest BCUT2D eigenvalue weighted by atomic mass is 10.1. The van der Waals surface area contributed by atoms with Gasteiger partial charge in [0.05, 0.1) is 0 Å². The van der Waals surface area contributed by atoms with Gasteiger partial charge in [-0.2, -0.15) is 0 Å². The van der Waals surface area contributed by atoms with Crippen molar-refractivity contribution >= 4 is 0 Å². The van der Waals surface area contributed by atoms with Crippen molar-refractivity contribution in [1.82, 2.24) is 15.1 Å². The van der Waals surface area contributed by atoms with Crippen LogP contribution in [0.2, 0.25) is 0 Å². The molecule has 0 spiro atoms. The molecular formula is C12H29N3. The van der Waals surface area contributed by atoms with Gasteiger partial charge in [0.25, 0.3) is 0 Å². The number of nitrogens with one attached hydrogen (secondary N) is 1. The number of nitrogens with zero attached hydrogens (tertiary/aromatic N) is 2. The molecule has 0 fully saturated rings. The second-order valence-electron chi connectivity index (χ2n) is 4.83. The van der Waals surface area contributed by atoms with Gasteiger partial charge in [0, 0.05) is 6.54 Å². The molecule has 0 amide bonds. The first-order valence-electron chi connectivity index (χ1n) is 6.10. The van der Waals surface area contributed by atoms with E-state index in [1.54, 1.807) is 0 Å². The van der Waals surface area contributed by atoms with E-state index in [4.69, 9.17) is 0 Å². The van der Waals surface area contributed by atoms with E-state index in [1.165, 1.54) is 26.1 Å². The highest BCUT2D eigenvalue weighted by Crippen LogP contribution is 1.97. The van der Waals surface area contributed by atoms with E-state index in [9.17, 15) is 0 Å². The van der Waals surface area contributed by atoms with Gasteiger partial charge in [-0.05, 0) is 59.7 Å². The van der Waals surface area contributed by atoms with Crippen molar-refractivity contribution in [3.63, 3.8) is 0 Å². The van der Waals surface area contributed by atoms with Gasteiger partial charge in [0.1, 0.15) is 0 Å². The van der Waals surface area contributed by atoms with E-state index in [1.807, 2.05) is 0 Å². The number of hydrogen-bond acceptors (Lipinski definition) is 3. The predicted octanol–water partition coefficient (Wildman–Crippen LogP) is 1.12. The topological polar surface area (TPSA) is 18.5 Å². The molecule has 0 aliphatic rings. The van der Waals surface area contributed by atoms with E-state index in [0.29, 0.717) is 0 Å². The molecule has 92 valence electrons. The third kappa shape index (κ3) is 10.2. The van der Waals surface area contributed by atoms with E-state index >= 15 is 0 Å². The molecule has 0 aromatic rings. The van der Waals surface area contributed by atoms with Crippen molar-refractivity contribution in [3.8, 4) is 0 Å². The van der Waals surface area contributed by atoms with Gasteiger partial charge in [-0.15, -0.1) is 0 Å². The molecule has 1 unspecified atom stereocenters. The summed E-state index contributed by atoms with van der Waals surface area (Å²) in [5, 5.41) is 3.39. The van der Waals surface area contributed by atoms with E-state index < -0.39 is 0 Å². The van der Waals surface area contributed by atoms with Crippen molar-refractivity contribution in [2.75, 3.05) is 53.9 Å². The van der Waals surface area contributed by atoms with Gasteiger partial charge in [-0.25, -0.2) is 0 Å².